The molecule has 0 saturated carbocycles. The van der Waals surface area contributed by atoms with E-state index in [0.29, 0.717) is 39.6 Å². The molecule has 0 fully saturated rings. The molecule has 0 amide bonds. The van der Waals surface area contributed by atoms with E-state index in [4.69, 9.17) is 34.6 Å². The zero-order valence-corrected chi connectivity index (χ0v) is 45.1. The van der Waals surface area contributed by atoms with Gasteiger partial charge < -0.3 is 5.11 Å². The summed E-state index contributed by atoms with van der Waals surface area (Å²) in [5, 5.41) is 13.3. The van der Waals surface area contributed by atoms with Crippen LogP contribution in [0.15, 0.2) is 212 Å². The summed E-state index contributed by atoms with van der Waals surface area (Å²) in [6.45, 7) is -22.3. The van der Waals surface area contributed by atoms with E-state index in [-0.39, 0.29) is 55.0 Å². The molecule has 0 spiro atoms. The topological polar surface area (TPSA) is 50.9 Å². The number of hydrogen-bond acceptors (Lipinski definition) is 3. The van der Waals surface area contributed by atoms with Crippen molar-refractivity contribution in [2.45, 2.75) is 85.0 Å². The van der Waals surface area contributed by atoms with E-state index in [1.165, 1.54) is 22.8 Å². The van der Waals surface area contributed by atoms with E-state index in [2.05, 4.69) is 6.07 Å². The number of hydrogen-bond donors (Lipinski definition) is 1. The summed E-state index contributed by atoms with van der Waals surface area (Å²) < 4.78 is 189. The third-order valence-electron chi connectivity index (χ3n) is 14.0. The molecular weight excluding hydrogens is 1130 g/mol. The maximum Gasteiger partial charge on any atom is 0.148 e. The molecule has 0 radical (unpaired) electrons. The molecule has 11 aromatic rings. The molecule has 0 saturated heterocycles. The van der Waals surface area contributed by atoms with Gasteiger partial charge in [-0.1, -0.05) is 242 Å². The van der Waals surface area contributed by atoms with Crippen LogP contribution in [0, 0.1) is 12.9 Å². The minimum Gasteiger partial charge on any atom is -0.507 e. The second-order valence-corrected chi connectivity index (χ2v) is 20.4. The number of phenolic OH excluding ortho intramolecular Hbond substituents is 1. The van der Waals surface area contributed by atoms with E-state index in [1.54, 1.807) is 24.4 Å². The first-order valence-electron chi connectivity index (χ1n) is 35.6. The fraction of sp³-hybridized carbons (Fsp3) is 0.178. The zero-order chi connectivity index (χ0) is 71.3. The van der Waals surface area contributed by atoms with Gasteiger partial charge in [0.15, 0.2) is 0 Å². The molecule has 9 aromatic carbocycles. The smallest absolute Gasteiger partial charge is 0.148 e. The number of benzene rings is 9. The van der Waals surface area contributed by atoms with Gasteiger partial charge in [-0.15, -0.1) is 23.8 Å². The SMILES string of the molecule is [2H]C([2H])([2H])c1cc(-c2c(-c3ccccc3)cccc2C(C)(C)C)ccc1-n1c(-c2cc(C(C([2H])([2H])[2H])(C([2H])([2H])[2H])C([2H])([2H])[2H])cc(C(C([2H])([2H])[2H])(C([2H])([2H])[2H])C([2H])([2H])[2H])c2O)nc2c(-c3[c-]c(-c4cc(-c5ccc(-c6ccccc6)cc5)ccn4)cc(-c4ccccc4)c3)cccc21.[Pt]. The molecule has 5 heteroatoms. The average Bonchev–Trinajstić information content (AvgIpc) is 1.21. The third-order valence-corrected chi connectivity index (χ3v) is 14.0. The molecule has 0 unspecified atom stereocenters. The first-order valence-corrected chi connectivity index (χ1v) is 25.1. The first-order chi connectivity index (χ1) is 45.6. The van der Waals surface area contributed by atoms with Crippen LogP contribution in [-0.2, 0) is 37.3 Å². The molecule has 0 bridgehead atoms. The number of aryl methyl sites for hydroxylation is 1. The number of pyridine rings is 1. The molecular formula is C73H66N3OPt-. The van der Waals surface area contributed by atoms with Crippen LogP contribution in [0.25, 0.3) is 106 Å². The minimum atomic E-state index is -4.27. The second kappa shape index (κ2) is 21.1. The number of fused-ring (bicyclic) bond motifs is 1. The fourth-order valence-electron chi connectivity index (χ4n) is 10.2. The molecule has 11 rings (SSSR count). The predicted octanol–water partition coefficient (Wildman–Crippen LogP) is 19.5. The quantitative estimate of drug-likeness (QED) is 0.147. The Morgan fingerprint density at radius 2 is 1.06 bits per heavy atom. The van der Waals surface area contributed by atoms with Crippen molar-refractivity contribution in [1.82, 2.24) is 14.5 Å². The molecule has 78 heavy (non-hydrogen) atoms. The van der Waals surface area contributed by atoms with Crippen LogP contribution in [0.4, 0.5) is 0 Å². The normalized spacial score (nSPS) is 17.0. The summed E-state index contributed by atoms with van der Waals surface area (Å²) in [7, 11) is 0. The van der Waals surface area contributed by atoms with E-state index in [0.717, 1.165) is 44.5 Å². The molecule has 2 aromatic heterocycles. The maximum atomic E-state index is 13.3. The monoisotopic (exact) mass is 1220 g/mol. The summed E-state index contributed by atoms with van der Waals surface area (Å²) in [6.07, 6.45) is 1.67. The van der Waals surface area contributed by atoms with Crippen molar-refractivity contribution in [1.29, 1.82) is 0 Å². The van der Waals surface area contributed by atoms with Crippen LogP contribution < -0.4 is 0 Å². The van der Waals surface area contributed by atoms with Gasteiger partial charge in [-0.25, -0.2) is 4.98 Å². The van der Waals surface area contributed by atoms with Gasteiger partial charge in [0.05, 0.1) is 22.3 Å². The van der Waals surface area contributed by atoms with Gasteiger partial charge in [0, 0.05) is 67.3 Å². The Labute approximate surface area is 505 Å². The van der Waals surface area contributed by atoms with Crippen molar-refractivity contribution < 1.29 is 55.0 Å². The number of aromatic hydroxyl groups is 1. The summed E-state index contributed by atoms with van der Waals surface area (Å²) in [6, 6.07) is 63.6. The van der Waals surface area contributed by atoms with Gasteiger partial charge >= 0.3 is 0 Å². The molecule has 390 valence electrons. The van der Waals surface area contributed by atoms with Gasteiger partial charge in [-0.2, -0.15) is 0 Å². The number of aromatic nitrogens is 3. The Kier molecular flexibility index (Phi) is 9.05. The summed E-state index contributed by atoms with van der Waals surface area (Å²) in [5.74, 6) is -2.19. The number of phenols is 1. The van der Waals surface area contributed by atoms with Crippen LogP contribution in [0.1, 0.15) is 113 Å². The number of rotatable bonds is 9. The summed E-state index contributed by atoms with van der Waals surface area (Å²) >= 11 is 0. The molecule has 4 nitrogen and oxygen atoms in total. The van der Waals surface area contributed by atoms with Gasteiger partial charge in [-0.05, 0) is 120 Å². The van der Waals surface area contributed by atoms with Crippen molar-refractivity contribution in [2.24, 2.45) is 0 Å². The van der Waals surface area contributed by atoms with Crippen LogP contribution in [0.3, 0.4) is 0 Å². The van der Waals surface area contributed by atoms with Crippen LogP contribution >= 0.6 is 0 Å². The largest absolute Gasteiger partial charge is 0.507 e. The summed E-state index contributed by atoms with van der Waals surface area (Å²) in [4.78, 5) is 9.98. The molecule has 0 aliphatic heterocycles. The third kappa shape index (κ3) is 10.5. The van der Waals surface area contributed by atoms with Crippen molar-refractivity contribution in [3.8, 4) is 101 Å². The number of imidazole rings is 1. The Morgan fingerprint density at radius 1 is 0.474 bits per heavy atom. The Bertz CT molecular complexity index is 4720. The van der Waals surface area contributed by atoms with Crippen molar-refractivity contribution >= 4 is 11.0 Å². The van der Waals surface area contributed by atoms with E-state index in [9.17, 15) is 9.22 Å². The fourth-order valence-corrected chi connectivity index (χ4v) is 10.2. The van der Waals surface area contributed by atoms with E-state index in [1.807, 2.05) is 178 Å². The molecule has 0 atom stereocenters. The Hall–Kier alpha value is -7.91. The predicted molar refractivity (Wildman–Crippen MR) is 324 cm³/mol. The molecule has 2 heterocycles. The van der Waals surface area contributed by atoms with Crippen molar-refractivity contribution in [3.05, 3.63) is 241 Å². The molecule has 1 N–H and O–H groups in total. The van der Waals surface area contributed by atoms with E-state index < -0.39 is 92.5 Å². The second-order valence-electron chi connectivity index (χ2n) is 20.4. The zero-order valence-electron chi connectivity index (χ0n) is 63.8. The van der Waals surface area contributed by atoms with Crippen molar-refractivity contribution in [3.63, 3.8) is 0 Å². The van der Waals surface area contributed by atoms with Gasteiger partial charge in [0.2, 0.25) is 0 Å². The van der Waals surface area contributed by atoms with Gasteiger partial charge in [0.1, 0.15) is 11.6 Å². The van der Waals surface area contributed by atoms with Gasteiger partial charge in [0.25, 0.3) is 0 Å². The average molecular weight is 1220 g/mol. The Morgan fingerprint density at radius 3 is 1.72 bits per heavy atom. The van der Waals surface area contributed by atoms with Crippen molar-refractivity contribution in [2.75, 3.05) is 0 Å². The number of para-hydroxylation sites is 1. The van der Waals surface area contributed by atoms with Crippen LogP contribution in [0.2, 0.25) is 0 Å². The maximum absolute atomic E-state index is 13.3. The van der Waals surface area contributed by atoms with Crippen LogP contribution in [0.5, 0.6) is 5.75 Å². The van der Waals surface area contributed by atoms with Gasteiger partial charge in [-0.3, -0.25) is 9.55 Å². The Balaban J connectivity index is 0.0000106. The summed E-state index contributed by atoms with van der Waals surface area (Å²) in [5.41, 5.74) is -3.41. The first kappa shape index (κ1) is 33.4. The number of nitrogens with zero attached hydrogens (tertiary/aromatic N) is 3. The minimum absolute atomic E-state index is 0. The van der Waals surface area contributed by atoms with E-state index >= 15 is 0 Å². The molecule has 0 aliphatic rings. The standard InChI is InChI=1S/C73H66N3O.Pt/c1-47-40-54(67-59(52-26-18-13-19-27-52)28-20-30-62(67)72(5,6)7)36-37-65(47)76-66-31-21-29-60(68(66)75-70(76)61-45-58(71(2,3)4)46-63(69(61)77)73(8,9)10)56-41-55(49-24-16-12-17-25-49)42-57(43-56)64-44-53(38-39-74-64)51-34-32-50(33-35-51)48-22-14-11-15-23-48;/h11-42,44-46,77H,1-10H3;/q-1;/i1D3,2D3,3D3,4D3,8D3,9D3,10D3;. The van der Waals surface area contributed by atoms with Crippen LogP contribution in [-0.4, -0.2) is 19.6 Å². The molecule has 0 aliphatic carbocycles.